The van der Waals surface area contributed by atoms with Crippen LogP contribution in [0, 0.1) is 13.8 Å². The molecule has 0 aliphatic carbocycles. The van der Waals surface area contributed by atoms with Gasteiger partial charge in [0.1, 0.15) is 11.5 Å². The summed E-state index contributed by atoms with van der Waals surface area (Å²) < 4.78 is 11.4. The smallest absolute Gasteiger partial charge is 0.260 e. The summed E-state index contributed by atoms with van der Waals surface area (Å²) in [7, 11) is 0. The first kappa shape index (κ1) is 21.1. The molecule has 0 bridgehead atoms. The third-order valence-electron chi connectivity index (χ3n) is 4.29. The van der Waals surface area contributed by atoms with Gasteiger partial charge in [-0.05, 0) is 75.4 Å². The Hall–Kier alpha value is -2.20. The van der Waals surface area contributed by atoms with E-state index in [9.17, 15) is 4.79 Å². The van der Waals surface area contributed by atoms with Gasteiger partial charge in [0.05, 0.1) is 6.61 Å². The fourth-order valence-electron chi connectivity index (χ4n) is 2.87. The van der Waals surface area contributed by atoms with Crippen molar-refractivity contribution in [1.29, 1.82) is 0 Å². The molecular formula is C22H28ClNO3. The lowest BCUT2D eigenvalue weighted by molar-refractivity contribution is -0.127. The monoisotopic (exact) mass is 389 g/mol. The second kappa shape index (κ2) is 10.2. The maximum Gasteiger partial charge on any atom is 0.260 e. The average molecular weight is 390 g/mol. The minimum Gasteiger partial charge on any atom is -0.494 e. The van der Waals surface area contributed by atoms with E-state index in [4.69, 9.17) is 21.1 Å². The Morgan fingerprint density at radius 1 is 1.19 bits per heavy atom. The Morgan fingerprint density at radius 2 is 1.85 bits per heavy atom. The molecule has 0 heterocycles. The molecule has 2 rings (SSSR count). The van der Waals surface area contributed by atoms with E-state index in [0.717, 1.165) is 40.3 Å². The number of para-hydroxylation sites is 1. The number of hydrogen-bond donors (Lipinski definition) is 1. The normalized spacial score (nSPS) is 11.7. The number of nitrogens with one attached hydrogen (secondary N) is 1. The first-order valence-corrected chi connectivity index (χ1v) is 9.72. The minimum atomic E-state index is -0.569. The molecule has 1 atom stereocenters. The van der Waals surface area contributed by atoms with Crippen molar-refractivity contribution in [1.82, 2.24) is 5.32 Å². The van der Waals surface area contributed by atoms with Gasteiger partial charge in [-0.2, -0.15) is 0 Å². The zero-order chi connectivity index (χ0) is 19.8. The summed E-state index contributed by atoms with van der Waals surface area (Å²) in [6.07, 6.45) is 1.11. The van der Waals surface area contributed by atoms with Gasteiger partial charge in [0, 0.05) is 11.6 Å². The maximum atomic E-state index is 12.3. The predicted octanol–water partition coefficient (Wildman–Crippen LogP) is 4.87. The number of aryl methyl sites for hydroxylation is 3. The molecule has 1 N–H and O–H groups in total. The van der Waals surface area contributed by atoms with Crippen LogP contribution in [0.4, 0.5) is 0 Å². The molecule has 4 nitrogen and oxygen atoms in total. The molecule has 0 aliphatic heterocycles. The summed E-state index contributed by atoms with van der Waals surface area (Å²) in [5.74, 6) is 1.44. The second-order valence-electron chi connectivity index (χ2n) is 6.57. The van der Waals surface area contributed by atoms with Crippen LogP contribution in [0.25, 0.3) is 0 Å². The van der Waals surface area contributed by atoms with Crippen LogP contribution < -0.4 is 14.8 Å². The second-order valence-corrected chi connectivity index (χ2v) is 6.94. The SMILES string of the molecule is CCOc1ccccc1CCCNC(=O)[C@H](C)Oc1cc(C)c(Cl)c(C)c1. The molecule has 0 aromatic heterocycles. The zero-order valence-corrected chi connectivity index (χ0v) is 17.2. The third-order valence-corrected chi connectivity index (χ3v) is 4.88. The van der Waals surface area contributed by atoms with Crippen LogP contribution >= 0.6 is 11.6 Å². The minimum absolute atomic E-state index is 0.127. The number of benzene rings is 2. The molecular weight excluding hydrogens is 362 g/mol. The lowest BCUT2D eigenvalue weighted by atomic mass is 10.1. The summed E-state index contributed by atoms with van der Waals surface area (Å²) in [4.78, 5) is 12.3. The van der Waals surface area contributed by atoms with Crippen molar-refractivity contribution in [3.8, 4) is 11.5 Å². The average Bonchev–Trinajstić information content (AvgIpc) is 2.64. The quantitative estimate of drug-likeness (QED) is 0.622. The van der Waals surface area contributed by atoms with E-state index in [1.54, 1.807) is 6.92 Å². The van der Waals surface area contributed by atoms with Crippen molar-refractivity contribution in [3.05, 3.63) is 58.1 Å². The highest BCUT2D eigenvalue weighted by Crippen LogP contribution is 2.26. The van der Waals surface area contributed by atoms with Gasteiger partial charge in [-0.15, -0.1) is 0 Å². The van der Waals surface area contributed by atoms with Crippen LogP contribution in [0.5, 0.6) is 11.5 Å². The fourth-order valence-corrected chi connectivity index (χ4v) is 2.98. The first-order valence-electron chi connectivity index (χ1n) is 9.34. The molecule has 2 aromatic rings. The van der Waals surface area contributed by atoms with E-state index in [-0.39, 0.29) is 5.91 Å². The van der Waals surface area contributed by atoms with Crippen LogP contribution in [0.15, 0.2) is 36.4 Å². The molecule has 0 saturated carbocycles. The van der Waals surface area contributed by atoms with Crippen LogP contribution in [0.2, 0.25) is 5.02 Å². The van der Waals surface area contributed by atoms with E-state index in [1.165, 1.54) is 0 Å². The lowest BCUT2D eigenvalue weighted by Crippen LogP contribution is -2.37. The number of amides is 1. The number of carbonyl (C=O) groups excluding carboxylic acids is 1. The van der Waals surface area contributed by atoms with Gasteiger partial charge < -0.3 is 14.8 Å². The Morgan fingerprint density at radius 3 is 2.52 bits per heavy atom. The van der Waals surface area contributed by atoms with Gasteiger partial charge in [0.25, 0.3) is 5.91 Å². The van der Waals surface area contributed by atoms with Crippen molar-refractivity contribution >= 4 is 17.5 Å². The molecule has 0 fully saturated rings. The number of halogens is 1. The van der Waals surface area contributed by atoms with Crippen LogP contribution in [-0.4, -0.2) is 25.2 Å². The Labute approximate surface area is 166 Å². The third kappa shape index (κ3) is 6.17. The molecule has 1 amide bonds. The van der Waals surface area contributed by atoms with E-state index in [0.29, 0.717) is 18.9 Å². The lowest BCUT2D eigenvalue weighted by Gasteiger charge is -2.16. The number of carbonyl (C=O) groups is 1. The molecule has 0 unspecified atom stereocenters. The standard InChI is InChI=1S/C22H28ClNO3/c1-5-26-20-11-7-6-9-18(20)10-8-12-24-22(25)17(4)27-19-13-15(2)21(23)16(3)14-19/h6-7,9,11,13-14,17H,5,8,10,12H2,1-4H3,(H,24,25)/t17-/m0/s1. The van der Waals surface area contributed by atoms with Gasteiger partial charge in [-0.3, -0.25) is 4.79 Å². The van der Waals surface area contributed by atoms with Crippen molar-refractivity contribution in [3.63, 3.8) is 0 Å². The van der Waals surface area contributed by atoms with Crippen molar-refractivity contribution < 1.29 is 14.3 Å². The molecule has 0 saturated heterocycles. The topological polar surface area (TPSA) is 47.6 Å². The van der Waals surface area contributed by atoms with Crippen LogP contribution in [0.1, 0.15) is 37.0 Å². The van der Waals surface area contributed by atoms with Crippen LogP contribution in [0.3, 0.4) is 0 Å². The molecule has 5 heteroatoms. The summed E-state index contributed by atoms with van der Waals surface area (Å²) >= 11 is 6.17. The Bertz CT molecular complexity index is 753. The van der Waals surface area contributed by atoms with Gasteiger partial charge in [-0.1, -0.05) is 29.8 Å². The van der Waals surface area contributed by atoms with Crippen molar-refractivity contribution in [2.45, 2.75) is 46.6 Å². The van der Waals surface area contributed by atoms with Crippen LogP contribution in [-0.2, 0) is 11.2 Å². The number of ether oxygens (including phenoxy) is 2. The number of hydrogen-bond acceptors (Lipinski definition) is 3. The van der Waals surface area contributed by atoms with Gasteiger partial charge >= 0.3 is 0 Å². The highest BCUT2D eigenvalue weighted by atomic mass is 35.5. The van der Waals surface area contributed by atoms with E-state index < -0.39 is 6.10 Å². The van der Waals surface area contributed by atoms with E-state index in [2.05, 4.69) is 11.4 Å². The highest BCUT2D eigenvalue weighted by Gasteiger charge is 2.15. The summed E-state index contributed by atoms with van der Waals surface area (Å²) in [6, 6.07) is 11.7. The molecule has 27 heavy (non-hydrogen) atoms. The van der Waals surface area contributed by atoms with Gasteiger partial charge in [0.2, 0.25) is 0 Å². The molecule has 2 aromatic carbocycles. The Balaban J connectivity index is 1.80. The van der Waals surface area contributed by atoms with Gasteiger partial charge in [-0.25, -0.2) is 0 Å². The summed E-state index contributed by atoms with van der Waals surface area (Å²) in [5, 5.41) is 3.66. The number of rotatable bonds is 9. The maximum absolute atomic E-state index is 12.3. The fraction of sp³-hybridized carbons (Fsp3) is 0.409. The molecule has 0 aliphatic rings. The zero-order valence-electron chi connectivity index (χ0n) is 16.5. The van der Waals surface area contributed by atoms with Gasteiger partial charge in [0.15, 0.2) is 6.10 Å². The largest absolute Gasteiger partial charge is 0.494 e. The summed E-state index contributed by atoms with van der Waals surface area (Å²) in [5.41, 5.74) is 3.03. The van der Waals surface area contributed by atoms with Crippen molar-refractivity contribution in [2.75, 3.05) is 13.2 Å². The molecule has 0 spiro atoms. The highest BCUT2D eigenvalue weighted by molar-refractivity contribution is 6.32. The van der Waals surface area contributed by atoms with E-state index >= 15 is 0 Å². The molecule has 146 valence electrons. The Kier molecular flexibility index (Phi) is 7.99. The predicted molar refractivity (Wildman–Crippen MR) is 110 cm³/mol. The molecule has 0 radical (unpaired) electrons. The van der Waals surface area contributed by atoms with E-state index in [1.807, 2.05) is 51.1 Å². The first-order chi connectivity index (χ1) is 12.9. The summed E-state index contributed by atoms with van der Waals surface area (Å²) in [6.45, 7) is 8.80. The van der Waals surface area contributed by atoms with Crippen molar-refractivity contribution in [2.24, 2.45) is 0 Å².